The van der Waals surface area contributed by atoms with Gasteiger partial charge in [0.1, 0.15) is 12.4 Å². The molecule has 0 atom stereocenters. The Bertz CT molecular complexity index is 1200. The summed E-state index contributed by atoms with van der Waals surface area (Å²) in [6.45, 7) is 0.266. The van der Waals surface area contributed by atoms with Crippen molar-refractivity contribution in [1.82, 2.24) is 9.97 Å². The highest BCUT2D eigenvalue weighted by Gasteiger charge is 2.72. The fourth-order valence-electron chi connectivity index (χ4n) is 4.08. The van der Waals surface area contributed by atoms with Gasteiger partial charge in [0.05, 0.1) is 25.6 Å². The van der Waals surface area contributed by atoms with Crippen molar-refractivity contribution < 1.29 is 72.0 Å². The average Bonchev–Trinajstić information content (AvgIpc) is 3.00. The Hall–Kier alpha value is -2.99. The van der Waals surface area contributed by atoms with Gasteiger partial charge in [-0.05, 0) is 43.5 Å². The van der Waals surface area contributed by atoms with Crippen LogP contribution in [0.5, 0.6) is 11.5 Å². The molecule has 0 N–H and O–H groups in total. The van der Waals surface area contributed by atoms with Crippen molar-refractivity contribution >= 4 is 0 Å². The number of rotatable bonds is 25. The molecule has 18 heteroatoms. The summed E-state index contributed by atoms with van der Waals surface area (Å²) >= 11 is 0. The first-order valence-electron chi connectivity index (χ1n) is 15.6. The lowest BCUT2D eigenvalue weighted by molar-refractivity contribution is -0.537. The van der Waals surface area contributed by atoms with E-state index in [0.717, 1.165) is 12.8 Å². The zero-order valence-electron chi connectivity index (χ0n) is 26.7. The van der Waals surface area contributed by atoms with Crippen molar-refractivity contribution in [3.8, 4) is 22.9 Å². The van der Waals surface area contributed by atoms with Crippen molar-refractivity contribution in [2.45, 2.75) is 108 Å². The minimum Gasteiger partial charge on any atom is -0.494 e. The maximum atomic E-state index is 13.6. The molecule has 49 heavy (non-hydrogen) atoms. The molecule has 0 radical (unpaired) electrons. The van der Waals surface area contributed by atoms with E-state index < -0.39 is 43.8 Å². The van der Waals surface area contributed by atoms with Gasteiger partial charge in [-0.2, -0.15) is 48.3 Å². The molecule has 280 valence electrons. The summed E-state index contributed by atoms with van der Waals surface area (Å²) in [6.07, 6.45) is -17.9. The molecule has 0 aliphatic heterocycles. The largest absolute Gasteiger partial charge is 0.494 e. The van der Waals surface area contributed by atoms with Gasteiger partial charge < -0.3 is 14.2 Å². The molecule has 0 aliphatic rings. The van der Waals surface area contributed by atoms with Gasteiger partial charge in [-0.15, -0.1) is 0 Å². The van der Waals surface area contributed by atoms with Crippen LogP contribution in [-0.2, 0) is 14.2 Å². The molecule has 0 aliphatic carbocycles. The van der Waals surface area contributed by atoms with Crippen LogP contribution >= 0.6 is 0 Å². The van der Waals surface area contributed by atoms with E-state index in [1.807, 2.05) is 0 Å². The third-order valence-corrected chi connectivity index (χ3v) is 6.68. The molecule has 0 spiro atoms. The zero-order chi connectivity index (χ0) is 36.6. The minimum absolute atomic E-state index is 0.0169. The Kier molecular flexibility index (Phi) is 16.7. The second-order valence-electron chi connectivity index (χ2n) is 10.9. The van der Waals surface area contributed by atoms with Crippen LogP contribution in [0.4, 0.5) is 48.3 Å². The molecule has 0 unspecified atom stereocenters. The summed E-state index contributed by atoms with van der Waals surface area (Å²) in [5, 5.41) is 0. The molecular weight excluding hydrogens is 689 g/mol. The summed E-state index contributed by atoms with van der Waals surface area (Å²) in [4.78, 5) is 8.62. The van der Waals surface area contributed by atoms with E-state index in [1.165, 1.54) is 44.9 Å². The maximum absolute atomic E-state index is 13.6. The highest BCUT2D eigenvalue weighted by molar-refractivity contribution is 5.56. The lowest BCUT2D eigenvalue weighted by atomic mass is 10.1. The fourth-order valence-corrected chi connectivity index (χ4v) is 4.08. The van der Waals surface area contributed by atoms with Crippen molar-refractivity contribution in [3.05, 3.63) is 36.7 Å². The van der Waals surface area contributed by atoms with Crippen LogP contribution in [0.3, 0.4) is 0 Å². The monoisotopic (exact) mass is 728 g/mol. The third-order valence-electron chi connectivity index (χ3n) is 6.68. The lowest BCUT2D eigenvalue weighted by Gasteiger charge is -2.31. The number of benzene rings is 1. The number of halogens is 11. The van der Waals surface area contributed by atoms with Crippen LogP contribution in [0, 0.1) is 0 Å². The van der Waals surface area contributed by atoms with Crippen molar-refractivity contribution in [2.75, 3.05) is 26.4 Å². The van der Waals surface area contributed by atoms with Gasteiger partial charge in [0, 0.05) is 12.2 Å². The standard InChI is InChI=1S/C31H39F11N2O5/c1-2-3-4-5-6-7-8-9-10-18-47-25-20-43-26(44-21-25)23-13-15-24(16-14-23)46-19-12-11-17-45-22-27(32,33)48-30(39,40)31(41,42)49-29(37,38)28(34,35)36/h13-16,20-21H,2-12,17-19,22H2,1H3. The van der Waals surface area contributed by atoms with E-state index in [2.05, 4.69) is 26.4 Å². The van der Waals surface area contributed by atoms with Crippen LogP contribution in [0.25, 0.3) is 11.4 Å². The van der Waals surface area contributed by atoms with Gasteiger partial charge in [-0.3, -0.25) is 0 Å². The highest BCUT2D eigenvalue weighted by Crippen LogP contribution is 2.47. The molecular formula is C31H39F11N2O5. The van der Waals surface area contributed by atoms with Crippen LogP contribution < -0.4 is 9.47 Å². The molecule has 0 fully saturated rings. The first-order chi connectivity index (χ1) is 22.9. The van der Waals surface area contributed by atoms with Crippen LogP contribution in [-0.4, -0.2) is 67.0 Å². The molecule has 0 saturated carbocycles. The second kappa shape index (κ2) is 19.4. The summed E-state index contributed by atoms with van der Waals surface area (Å²) < 4.78 is 161. The van der Waals surface area contributed by atoms with Gasteiger partial charge in [0.2, 0.25) is 0 Å². The van der Waals surface area contributed by atoms with Gasteiger partial charge >= 0.3 is 30.6 Å². The Morgan fingerprint density at radius 1 is 0.531 bits per heavy atom. The van der Waals surface area contributed by atoms with Crippen LogP contribution in [0.15, 0.2) is 36.7 Å². The van der Waals surface area contributed by atoms with E-state index in [-0.39, 0.29) is 19.4 Å². The van der Waals surface area contributed by atoms with Crippen LogP contribution in [0.1, 0.15) is 77.6 Å². The number of ether oxygens (including phenoxy) is 5. The first kappa shape index (κ1) is 42.2. The molecule has 1 heterocycles. The Morgan fingerprint density at radius 3 is 1.55 bits per heavy atom. The molecule has 1 aromatic heterocycles. The van der Waals surface area contributed by atoms with Gasteiger partial charge in [0.25, 0.3) is 0 Å². The average molecular weight is 729 g/mol. The normalized spacial score (nSPS) is 13.1. The predicted molar refractivity (Wildman–Crippen MR) is 154 cm³/mol. The smallest absolute Gasteiger partial charge is 0.483 e. The van der Waals surface area contributed by atoms with Crippen LogP contribution in [0.2, 0.25) is 0 Å². The summed E-state index contributed by atoms with van der Waals surface area (Å²) in [5.41, 5.74) is 0.693. The number of alkyl halides is 11. The molecule has 0 saturated heterocycles. The van der Waals surface area contributed by atoms with Gasteiger partial charge in [-0.25, -0.2) is 19.4 Å². The maximum Gasteiger partial charge on any atom is 0.483 e. The number of hydrogen-bond donors (Lipinski definition) is 0. The summed E-state index contributed by atoms with van der Waals surface area (Å²) in [6, 6.07) is 6.66. The topological polar surface area (TPSA) is 71.9 Å². The summed E-state index contributed by atoms with van der Waals surface area (Å²) in [7, 11) is 0. The first-order valence-corrected chi connectivity index (χ1v) is 15.6. The van der Waals surface area contributed by atoms with Crippen molar-refractivity contribution in [1.29, 1.82) is 0 Å². The minimum atomic E-state index is -6.84. The Labute approximate surface area is 276 Å². The van der Waals surface area contributed by atoms with Crippen molar-refractivity contribution in [2.24, 2.45) is 0 Å². The molecule has 0 amide bonds. The Morgan fingerprint density at radius 2 is 1.00 bits per heavy atom. The number of hydrogen-bond acceptors (Lipinski definition) is 7. The highest BCUT2D eigenvalue weighted by atomic mass is 19.4. The summed E-state index contributed by atoms with van der Waals surface area (Å²) in [5.74, 6) is 1.45. The molecule has 2 rings (SSSR count). The van der Waals surface area contributed by atoms with E-state index in [4.69, 9.17) is 9.47 Å². The molecule has 7 nitrogen and oxygen atoms in total. The predicted octanol–water partition coefficient (Wildman–Crippen LogP) is 10.2. The lowest BCUT2D eigenvalue weighted by Crippen LogP contribution is -2.55. The third kappa shape index (κ3) is 15.2. The van der Waals surface area contributed by atoms with E-state index in [1.54, 1.807) is 41.4 Å². The zero-order valence-corrected chi connectivity index (χ0v) is 26.7. The molecule has 2 aromatic rings. The Balaban J connectivity index is 1.64. The van der Waals surface area contributed by atoms with Gasteiger partial charge in [0.15, 0.2) is 11.6 Å². The molecule has 1 aromatic carbocycles. The SMILES string of the molecule is CCCCCCCCCCCOc1cnc(-c2ccc(OCCCCOCC(F)(F)OC(F)(F)C(F)(F)OC(F)(F)C(F)(F)F)cc2)nc1. The number of nitrogens with zero attached hydrogens (tertiary/aromatic N) is 2. The number of aromatic nitrogens is 2. The van der Waals surface area contributed by atoms with E-state index >= 15 is 0 Å². The van der Waals surface area contributed by atoms with Crippen molar-refractivity contribution in [3.63, 3.8) is 0 Å². The number of unbranched alkanes of at least 4 members (excludes halogenated alkanes) is 9. The second-order valence-corrected chi connectivity index (χ2v) is 10.9. The fraction of sp³-hybridized carbons (Fsp3) is 0.677. The quantitative estimate of drug-likeness (QED) is 0.0745. The van der Waals surface area contributed by atoms with Gasteiger partial charge in [-0.1, -0.05) is 58.3 Å². The van der Waals surface area contributed by atoms with E-state index in [0.29, 0.717) is 29.5 Å². The molecule has 0 bridgehead atoms. The van der Waals surface area contributed by atoms with E-state index in [9.17, 15) is 48.3 Å².